The summed E-state index contributed by atoms with van der Waals surface area (Å²) in [6, 6.07) is 5.60. The minimum atomic E-state index is -0.873. The number of rotatable bonds is 5. The van der Waals surface area contributed by atoms with Crippen molar-refractivity contribution in [2.45, 2.75) is 13.0 Å². The van der Waals surface area contributed by atoms with Crippen molar-refractivity contribution in [3.8, 4) is 0 Å². The number of halogens is 1. The topological polar surface area (TPSA) is 70.1 Å². The molecule has 1 heterocycles. The number of amides is 1. The van der Waals surface area contributed by atoms with E-state index in [1.54, 1.807) is 16.8 Å². The first kappa shape index (κ1) is 17.9. The summed E-state index contributed by atoms with van der Waals surface area (Å²) in [6.45, 7) is 3.84. The monoisotopic (exact) mass is 384 g/mol. The minimum Gasteiger partial charge on any atom is -0.480 e. The van der Waals surface area contributed by atoms with E-state index in [-0.39, 0.29) is 18.6 Å². The number of carboxylic acids is 1. The van der Waals surface area contributed by atoms with Gasteiger partial charge in [-0.3, -0.25) is 14.5 Å². The molecule has 0 radical (unpaired) electrons. The molecule has 126 valence electrons. The molecule has 1 aromatic carbocycles. The van der Waals surface area contributed by atoms with E-state index in [9.17, 15) is 9.59 Å². The summed E-state index contributed by atoms with van der Waals surface area (Å²) in [5.74, 6) is -0.883. The first-order chi connectivity index (χ1) is 10.9. The summed E-state index contributed by atoms with van der Waals surface area (Å²) in [5.41, 5.74) is 1.61. The van der Waals surface area contributed by atoms with E-state index in [4.69, 9.17) is 9.84 Å². The third-order valence-electron chi connectivity index (χ3n) is 3.77. The zero-order chi connectivity index (χ0) is 17.0. The quantitative estimate of drug-likeness (QED) is 0.834. The SMILES string of the molecule is Cc1cc(Br)ccc1C(=O)N1CCOC(CN(C)CC(=O)O)C1. The van der Waals surface area contributed by atoms with Gasteiger partial charge in [0.25, 0.3) is 5.91 Å². The molecule has 0 bridgehead atoms. The largest absolute Gasteiger partial charge is 0.480 e. The van der Waals surface area contributed by atoms with E-state index in [1.165, 1.54) is 0 Å². The second-order valence-corrected chi connectivity index (χ2v) is 6.71. The number of aryl methyl sites for hydroxylation is 1. The van der Waals surface area contributed by atoms with Crippen molar-refractivity contribution in [3.05, 3.63) is 33.8 Å². The molecule has 1 fully saturated rings. The lowest BCUT2D eigenvalue weighted by atomic mass is 10.1. The third-order valence-corrected chi connectivity index (χ3v) is 4.26. The van der Waals surface area contributed by atoms with Gasteiger partial charge in [-0.05, 0) is 37.7 Å². The summed E-state index contributed by atoms with van der Waals surface area (Å²) in [6.07, 6.45) is -0.173. The Balaban J connectivity index is 2.00. The van der Waals surface area contributed by atoms with Crippen molar-refractivity contribution in [2.75, 3.05) is 39.8 Å². The Morgan fingerprint density at radius 2 is 2.22 bits per heavy atom. The van der Waals surface area contributed by atoms with Gasteiger partial charge < -0.3 is 14.7 Å². The van der Waals surface area contributed by atoms with Gasteiger partial charge in [0, 0.05) is 29.7 Å². The third kappa shape index (κ3) is 5.02. The molecule has 1 aliphatic heterocycles. The van der Waals surface area contributed by atoms with Gasteiger partial charge in [-0.2, -0.15) is 0 Å². The van der Waals surface area contributed by atoms with Crippen LogP contribution in [0.4, 0.5) is 0 Å². The van der Waals surface area contributed by atoms with Gasteiger partial charge in [0.15, 0.2) is 0 Å². The fourth-order valence-electron chi connectivity index (χ4n) is 2.69. The molecular formula is C16H21BrN2O4. The number of hydrogen-bond donors (Lipinski definition) is 1. The van der Waals surface area contributed by atoms with E-state index < -0.39 is 5.97 Å². The minimum absolute atomic E-state index is 0.0100. The maximum absolute atomic E-state index is 12.7. The normalized spacial score (nSPS) is 18.3. The number of hydrogen-bond acceptors (Lipinski definition) is 4. The highest BCUT2D eigenvalue weighted by Crippen LogP contribution is 2.19. The molecule has 7 heteroatoms. The van der Waals surface area contributed by atoms with Crippen LogP contribution in [0.15, 0.2) is 22.7 Å². The highest BCUT2D eigenvalue weighted by molar-refractivity contribution is 9.10. The van der Waals surface area contributed by atoms with Crippen molar-refractivity contribution >= 4 is 27.8 Å². The summed E-state index contributed by atoms with van der Waals surface area (Å²) in [5, 5.41) is 8.80. The molecule has 0 saturated carbocycles. The average molecular weight is 385 g/mol. The molecule has 1 aliphatic rings. The number of nitrogens with zero attached hydrogens (tertiary/aromatic N) is 2. The Hall–Kier alpha value is -1.44. The van der Waals surface area contributed by atoms with Gasteiger partial charge in [0.2, 0.25) is 0 Å². The second kappa shape index (κ2) is 7.90. The van der Waals surface area contributed by atoms with Gasteiger partial charge in [0.1, 0.15) is 0 Å². The average Bonchev–Trinajstić information content (AvgIpc) is 2.46. The molecule has 0 spiro atoms. The van der Waals surface area contributed by atoms with Crippen LogP contribution in [0.3, 0.4) is 0 Å². The Kier molecular flexibility index (Phi) is 6.15. The Morgan fingerprint density at radius 1 is 1.48 bits per heavy atom. The molecular weight excluding hydrogens is 364 g/mol. The number of ether oxygens (including phenoxy) is 1. The van der Waals surface area contributed by atoms with Gasteiger partial charge >= 0.3 is 5.97 Å². The molecule has 1 aromatic rings. The van der Waals surface area contributed by atoms with Crippen LogP contribution in [0, 0.1) is 6.92 Å². The molecule has 1 atom stereocenters. The molecule has 6 nitrogen and oxygen atoms in total. The second-order valence-electron chi connectivity index (χ2n) is 5.79. The lowest BCUT2D eigenvalue weighted by Crippen LogP contribution is -2.49. The molecule has 0 aromatic heterocycles. The Morgan fingerprint density at radius 3 is 2.87 bits per heavy atom. The molecule has 1 amide bonds. The van der Waals surface area contributed by atoms with E-state index in [2.05, 4.69) is 15.9 Å². The van der Waals surface area contributed by atoms with Gasteiger partial charge in [-0.1, -0.05) is 15.9 Å². The fourth-order valence-corrected chi connectivity index (χ4v) is 3.17. The highest BCUT2D eigenvalue weighted by Gasteiger charge is 2.26. The first-order valence-electron chi connectivity index (χ1n) is 7.44. The van der Waals surface area contributed by atoms with E-state index >= 15 is 0 Å². The number of likely N-dealkylation sites (N-methyl/N-ethyl adjacent to an activating group) is 1. The van der Waals surface area contributed by atoms with Crippen molar-refractivity contribution in [3.63, 3.8) is 0 Å². The lowest BCUT2D eigenvalue weighted by molar-refractivity contribution is -0.138. The van der Waals surface area contributed by atoms with Crippen LogP contribution in [0.5, 0.6) is 0 Å². The zero-order valence-corrected chi connectivity index (χ0v) is 14.9. The molecule has 1 N–H and O–H groups in total. The highest BCUT2D eigenvalue weighted by atomic mass is 79.9. The van der Waals surface area contributed by atoms with E-state index in [1.807, 2.05) is 25.1 Å². The van der Waals surface area contributed by atoms with E-state index in [0.29, 0.717) is 31.8 Å². The number of carbonyl (C=O) groups excluding carboxylic acids is 1. The van der Waals surface area contributed by atoms with Crippen molar-refractivity contribution in [2.24, 2.45) is 0 Å². The van der Waals surface area contributed by atoms with Crippen LogP contribution in [0.25, 0.3) is 0 Å². The maximum atomic E-state index is 12.7. The van der Waals surface area contributed by atoms with Crippen LogP contribution in [-0.4, -0.2) is 72.7 Å². The number of aliphatic carboxylic acids is 1. The van der Waals surface area contributed by atoms with Crippen molar-refractivity contribution in [1.29, 1.82) is 0 Å². The Bertz CT molecular complexity index is 593. The Labute approximate surface area is 144 Å². The predicted molar refractivity (Wildman–Crippen MR) is 89.7 cm³/mol. The number of morpholine rings is 1. The van der Waals surface area contributed by atoms with Crippen LogP contribution in [-0.2, 0) is 9.53 Å². The summed E-state index contributed by atoms with van der Waals surface area (Å²) >= 11 is 3.40. The summed E-state index contributed by atoms with van der Waals surface area (Å²) in [4.78, 5) is 26.9. The zero-order valence-electron chi connectivity index (χ0n) is 13.3. The van der Waals surface area contributed by atoms with Crippen LogP contribution < -0.4 is 0 Å². The number of benzene rings is 1. The standard InChI is InChI=1S/C16H21BrN2O4/c1-11-7-12(17)3-4-14(11)16(22)19-5-6-23-13(9-19)8-18(2)10-15(20)21/h3-4,7,13H,5-6,8-10H2,1-2H3,(H,20,21). The summed E-state index contributed by atoms with van der Waals surface area (Å²) < 4.78 is 6.61. The molecule has 23 heavy (non-hydrogen) atoms. The molecule has 0 aliphatic carbocycles. The van der Waals surface area contributed by atoms with Crippen LogP contribution in [0.1, 0.15) is 15.9 Å². The van der Waals surface area contributed by atoms with Gasteiger partial charge in [0.05, 0.1) is 19.3 Å². The predicted octanol–water partition coefficient (Wildman–Crippen LogP) is 1.61. The number of carboxylic acid groups (broad SMARTS) is 1. The lowest BCUT2D eigenvalue weighted by Gasteiger charge is -2.34. The van der Waals surface area contributed by atoms with Crippen molar-refractivity contribution in [1.82, 2.24) is 9.80 Å². The molecule has 1 saturated heterocycles. The first-order valence-corrected chi connectivity index (χ1v) is 8.23. The molecule has 1 unspecified atom stereocenters. The summed E-state index contributed by atoms with van der Waals surface area (Å²) in [7, 11) is 1.73. The number of carbonyl (C=O) groups is 2. The van der Waals surface area contributed by atoms with Gasteiger partial charge in [-0.25, -0.2) is 0 Å². The fraction of sp³-hybridized carbons (Fsp3) is 0.500. The van der Waals surface area contributed by atoms with Crippen LogP contribution >= 0.6 is 15.9 Å². The van der Waals surface area contributed by atoms with Crippen molar-refractivity contribution < 1.29 is 19.4 Å². The smallest absolute Gasteiger partial charge is 0.317 e. The van der Waals surface area contributed by atoms with E-state index in [0.717, 1.165) is 10.0 Å². The molecule has 2 rings (SSSR count). The van der Waals surface area contributed by atoms with Crippen LogP contribution in [0.2, 0.25) is 0 Å². The maximum Gasteiger partial charge on any atom is 0.317 e. The van der Waals surface area contributed by atoms with Gasteiger partial charge in [-0.15, -0.1) is 0 Å².